The van der Waals surface area contributed by atoms with E-state index in [4.69, 9.17) is 0 Å². The summed E-state index contributed by atoms with van der Waals surface area (Å²) in [6, 6.07) is 6.00. The average Bonchev–Trinajstić information content (AvgIpc) is 2.88. The maximum atomic E-state index is 3.68. The van der Waals surface area contributed by atoms with Crippen molar-refractivity contribution in [3.05, 3.63) is 22.4 Å². The summed E-state index contributed by atoms with van der Waals surface area (Å²) in [4.78, 5) is 4.21. The number of likely N-dealkylation sites (tertiary alicyclic amines) is 1. The summed E-state index contributed by atoms with van der Waals surface area (Å²) in [5.74, 6) is 0.886. The Kier molecular flexibility index (Phi) is 4.02. The number of rotatable bonds is 6. The van der Waals surface area contributed by atoms with E-state index >= 15 is 0 Å². The Balaban J connectivity index is 1.42. The second-order valence-electron chi connectivity index (χ2n) is 5.96. The molecule has 1 aliphatic carbocycles. The van der Waals surface area contributed by atoms with Crippen molar-refractivity contribution >= 4 is 11.3 Å². The molecule has 2 aliphatic rings. The van der Waals surface area contributed by atoms with Crippen LogP contribution in [0.15, 0.2) is 17.5 Å². The second-order valence-corrected chi connectivity index (χ2v) is 7.00. The van der Waals surface area contributed by atoms with Crippen LogP contribution >= 0.6 is 11.3 Å². The molecule has 1 N–H and O–H groups in total. The van der Waals surface area contributed by atoms with Gasteiger partial charge < -0.3 is 5.32 Å². The predicted molar refractivity (Wildman–Crippen MR) is 78.2 cm³/mol. The van der Waals surface area contributed by atoms with Crippen LogP contribution in [0.5, 0.6) is 0 Å². The highest BCUT2D eigenvalue weighted by Gasteiger charge is 2.28. The van der Waals surface area contributed by atoms with Crippen molar-refractivity contribution in [1.82, 2.24) is 10.2 Å². The van der Waals surface area contributed by atoms with Gasteiger partial charge in [0.1, 0.15) is 0 Å². The standard InChI is InChI=1S/C15H24N2S/c1-12(9-15-3-2-8-18-15)17-7-6-13(11-17)10-16-14-4-5-14/h2-3,8,12-14,16H,4-7,9-11H2,1H3. The first-order chi connectivity index (χ1) is 8.81. The molecule has 0 aromatic carbocycles. The molecule has 1 aromatic rings. The zero-order chi connectivity index (χ0) is 12.4. The third-order valence-electron chi connectivity index (χ3n) is 4.29. The summed E-state index contributed by atoms with van der Waals surface area (Å²) >= 11 is 1.89. The lowest BCUT2D eigenvalue weighted by molar-refractivity contribution is 0.247. The van der Waals surface area contributed by atoms with Gasteiger partial charge in [0.05, 0.1) is 0 Å². The van der Waals surface area contributed by atoms with E-state index < -0.39 is 0 Å². The minimum absolute atomic E-state index is 0.703. The van der Waals surface area contributed by atoms with Crippen molar-refractivity contribution in [2.45, 2.75) is 44.7 Å². The molecule has 0 radical (unpaired) electrons. The van der Waals surface area contributed by atoms with E-state index in [0.717, 1.165) is 12.0 Å². The largest absolute Gasteiger partial charge is 0.314 e. The van der Waals surface area contributed by atoms with E-state index in [9.17, 15) is 0 Å². The van der Waals surface area contributed by atoms with Crippen molar-refractivity contribution < 1.29 is 0 Å². The molecule has 100 valence electrons. The van der Waals surface area contributed by atoms with Gasteiger partial charge in [-0.3, -0.25) is 4.90 Å². The number of hydrogen-bond acceptors (Lipinski definition) is 3. The molecule has 0 bridgehead atoms. The van der Waals surface area contributed by atoms with Crippen LogP contribution in [0, 0.1) is 5.92 Å². The van der Waals surface area contributed by atoms with Crippen molar-refractivity contribution in [2.24, 2.45) is 5.92 Å². The first-order valence-corrected chi connectivity index (χ1v) is 8.19. The maximum absolute atomic E-state index is 3.68. The normalized spacial score (nSPS) is 26.6. The van der Waals surface area contributed by atoms with Crippen LogP contribution < -0.4 is 5.32 Å². The molecule has 1 aromatic heterocycles. The highest BCUT2D eigenvalue weighted by atomic mass is 32.1. The van der Waals surface area contributed by atoms with E-state index in [1.807, 2.05) is 11.3 Å². The van der Waals surface area contributed by atoms with Gasteiger partial charge in [-0.2, -0.15) is 0 Å². The Hall–Kier alpha value is -0.380. The fraction of sp³-hybridized carbons (Fsp3) is 0.733. The van der Waals surface area contributed by atoms with Crippen LogP contribution in [0.1, 0.15) is 31.1 Å². The number of nitrogens with one attached hydrogen (secondary N) is 1. The third kappa shape index (κ3) is 3.34. The van der Waals surface area contributed by atoms with Gasteiger partial charge in [0.2, 0.25) is 0 Å². The smallest absolute Gasteiger partial charge is 0.0115 e. The molecular weight excluding hydrogens is 240 g/mol. The Morgan fingerprint density at radius 1 is 1.44 bits per heavy atom. The molecule has 0 spiro atoms. The van der Waals surface area contributed by atoms with Gasteiger partial charge in [0, 0.05) is 23.5 Å². The number of nitrogens with zero attached hydrogens (tertiary/aromatic N) is 1. The highest BCUT2D eigenvalue weighted by Crippen LogP contribution is 2.23. The van der Waals surface area contributed by atoms with Crippen molar-refractivity contribution in [2.75, 3.05) is 19.6 Å². The Bertz CT molecular complexity index is 359. The minimum Gasteiger partial charge on any atom is -0.314 e. The Morgan fingerprint density at radius 3 is 3.06 bits per heavy atom. The van der Waals surface area contributed by atoms with Gasteiger partial charge >= 0.3 is 0 Å². The van der Waals surface area contributed by atoms with Crippen LogP contribution in [0.25, 0.3) is 0 Å². The molecular formula is C15H24N2S. The summed E-state index contributed by atoms with van der Waals surface area (Å²) in [5.41, 5.74) is 0. The van der Waals surface area contributed by atoms with Crippen LogP contribution in [-0.2, 0) is 6.42 Å². The van der Waals surface area contributed by atoms with E-state index in [1.54, 1.807) is 0 Å². The first-order valence-electron chi connectivity index (χ1n) is 7.31. The molecule has 2 atom stereocenters. The van der Waals surface area contributed by atoms with E-state index in [2.05, 4.69) is 34.7 Å². The third-order valence-corrected chi connectivity index (χ3v) is 5.19. The van der Waals surface area contributed by atoms with Crippen LogP contribution in [0.2, 0.25) is 0 Å². The zero-order valence-corrected chi connectivity index (χ0v) is 12.1. The predicted octanol–water partition coefficient (Wildman–Crippen LogP) is 2.75. The van der Waals surface area contributed by atoms with E-state index in [1.165, 1.54) is 50.2 Å². The monoisotopic (exact) mass is 264 g/mol. The van der Waals surface area contributed by atoms with Gasteiger partial charge in [-0.25, -0.2) is 0 Å². The lowest BCUT2D eigenvalue weighted by Crippen LogP contribution is -2.34. The SMILES string of the molecule is CC(Cc1cccs1)N1CCC(CNC2CC2)C1. The number of thiophene rings is 1. The fourth-order valence-electron chi connectivity index (χ4n) is 2.90. The molecule has 2 nitrogen and oxygen atoms in total. The summed E-state index contributed by atoms with van der Waals surface area (Å²) < 4.78 is 0. The zero-order valence-electron chi connectivity index (χ0n) is 11.3. The topological polar surface area (TPSA) is 15.3 Å². The summed E-state index contributed by atoms with van der Waals surface area (Å²) in [5, 5.41) is 5.87. The van der Waals surface area contributed by atoms with Gasteiger partial charge in [-0.15, -0.1) is 11.3 Å². The molecule has 18 heavy (non-hydrogen) atoms. The first kappa shape index (κ1) is 12.6. The minimum atomic E-state index is 0.703. The molecule has 1 saturated heterocycles. The second kappa shape index (κ2) is 5.72. The Labute approximate surface area is 114 Å². The molecule has 1 saturated carbocycles. The molecule has 0 amide bonds. The van der Waals surface area contributed by atoms with Gasteiger partial charge in [0.25, 0.3) is 0 Å². The highest BCUT2D eigenvalue weighted by molar-refractivity contribution is 7.09. The molecule has 2 fully saturated rings. The lowest BCUT2D eigenvalue weighted by Gasteiger charge is -2.24. The summed E-state index contributed by atoms with van der Waals surface area (Å²) in [6.07, 6.45) is 5.42. The fourth-order valence-corrected chi connectivity index (χ4v) is 3.73. The Morgan fingerprint density at radius 2 is 2.33 bits per heavy atom. The maximum Gasteiger partial charge on any atom is 0.0115 e. The molecule has 3 rings (SSSR count). The van der Waals surface area contributed by atoms with Gasteiger partial charge in [-0.1, -0.05) is 6.07 Å². The van der Waals surface area contributed by atoms with E-state index in [-0.39, 0.29) is 0 Å². The van der Waals surface area contributed by atoms with Crippen molar-refractivity contribution in [1.29, 1.82) is 0 Å². The summed E-state index contributed by atoms with van der Waals surface area (Å²) in [6.45, 7) is 6.22. The van der Waals surface area contributed by atoms with Gasteiger partial charge in [0.15, 0.2) is 0 Å². The van der Waals surface area contributed by atoms with Crippen LogP contribution in [0.4, 0.5) is 0 Å². The van der Waals surface area contributed by atoms with Crippen molar-refractivity contribution in [3.63, 3.8) is 0 Å². The molecule has 2 unspecified atom stereocenters. The number of hydrogen-bond donors (Lipinski definition) is 1. The van der Waals surface area contributed by atoms with E-state index in [0.29, 0.717) is 6.04 Å². The summed E-state index contributed by atoms with van der Waals surface area (Å²) in [7, 11) is 0. The molecule has 1 aliphatic heterocycles. The molecule has 2 heterocycles. The van der Waals surface area contributed by atoms with Crippen molar-refractivity contribution in [3.8, 4) is 0 Å². The van der Waals surface area contributed by atoms with Gasteiger partial charge in [-0.05, 0) is 63.1 Å². The van der Waals surface area contributed by atoms with Crippen LogP contribution in [-0.4, -0.2) is 36.6 Å². The molecule has 3 heteroatoms. The quantitative estimate of drug-likeness (QED) is 0.850. The van der Waals surface area contributed by atoms with Crippen LogP contribution in [0.3, 0.4) is 0 Å². The lowest BCUT2D eigenvalue weighted by atomic mass is 10.1. The average molecular weight is 264 g/mol.